The first kappa shape index (κ1) is 17.4. The molecule has 5 nitrogen and oxygen atoms in total. The zero-order valence-corrected chi connectivity index (χ0v) is 14.7. The fourth-order valence-corrected chi connectivity index (χ4v) is 4.46. The van der Waals surface area contributed by atoms with Gasteiger partial charge in [-0.25, -0.2) is 18.2 Å². The van der Waals surface area contributed by atoms with Crippen LogP contribution in [0, 0.1) is 17.5 Å². The second-order valence-corrected chi connectivity index (χ2v) is 7.62. The van der Waals surface area contributed by atoms with Gasteiger partial charge in [-0.2, -0.15) is 0 Å². The predicted molar refractivity (Wildman–Crippen MR) is 92.7 cm³/mol. The van der Waals surface area contributed by atoms with Crippen LogP contribution < -0.4 is 5.56 Å². The third-order valence-electron chi connectivity index (χ3n) is 4.61. The Balaban J connectivity index is 1.83. The van der Waals surface area contributed by atoms with Crippen molar-refractivity contribution in [3.63, 3.8) is 0 Å². The summed E-state index contributed by atoms with van der Waals surface area (Å²) < 4.78 is 47.8. The van der Waals surface area contributed by atoms with E-state index in [0.29, 0.717) is 29.6 Å². The van der Waals surface area contributed by atoms with Crippen LogP contribution in [0.15, 0.2) is 21.9 Å². The number of hydrogen-bond donors (Lipinski definition) is 1. The second kappa shape index (κ2) is 6.62. The predicted octanol–water partition coefficient (Wildman–Crippen LogP) is 3.83. The molecule has 0 amide bonds. The van der Waals surface area contributed by atoms with Gasteiger partial charge in [0.1, 0.15) is 0 Å². The minimum atomic E-state index is -1.52. The molecular weight excluding hydrogens is 367 g/mol. The van der Waals surface area contributed by atoms with Crippen LogP contribution in [0.25, 0.3) is 0 Å². The normalized spacial score (nSPS) is 20.8. The number of thioether (sulfide) groups is 1. The third kappa shape index (κ3) is 2.88. The van der Waals surface area contributed by atoms with Crippen LogP contribution >= 0.6 is 11.8 Å². The molecule has 2 aliphatic rings. The summed E-state index contributed by atoms with van der Waals surface area (Å²) in [5, 5.41) is 2.81. The van der Waals surface area contributed by atoms with Crippen LogP contribution in [0.3, 0.4) is 0 Å². The van der Waals surface area contributed by atoms with Crippen molar-refractivity contribution >= 4 is 22.6 Å². The van der Waals surface area contributed by atoms with Gasteiger partial charge < -0.3 is 4.74 Å². The van der Waals surface area contributed by atoms with Gasteiger partial charge in [-0.05, 0) is 37.5 Å². The number of halogens is 3. The van der Waals surface area contributed by atoms with Crippen molar-refractivity contribution < 1.29 is 17.9 Å². The first-order chi connectivity index (χ1) is 12.5. The molecule has 1 aromatic heterocycles. The number of nitrogens with one attached hydrogen (secondary N) is 1. The molecule has 0 aliphatic carbocycles. The number of aliphatic imine (C=N–C) groups is 1. The number of H-pyrrole nitrogens is 1. The Morgan fingerprint density at radius 1 is 1.23 bits per heavy atom. The van der Waals surface area contributed by atoms with E-state index in [4.69, 9.17) is 4.74 Å². The van der Waals surface area contributed by atoms with Crippen molar-refractivity contribution in [1.82, 2.24) is 9.78 Å². The van der Waals surface area contributed by atoms with Gasteiger partial charge in [-0.3, -0.25) is 14.6 Å². The Morgan fingerprint density at radius 2 is 1.88 bits per heavy atom. The molecule has 1 aromatic carbocycles. The molecule has 138 valence electrons. The van der Waals surface area contributed by atoms with Gasteiger partial charge in [-0.15, -0.1) is 0 Å². The molecule has 1 N–H and O–H groups in total. The standard InChI is InChI=1S/C17H16F3N3O2S/c1-8-21-16-13(17(24)22-23(16)10-2-4-25-5-3-10)15(26-8)9-6-11(18)14(20)12(19)7-9/h6-7,10,15H,2-5H2,1H3,(H,22,24)/t15-/m0/s1. The van der Waals surface area contributed by atoms with Crippen molar-refractivity contribution in [1.29, 1.82) is 0 Å². The van der Waals surface area contributed by atoms with Crippen molar-refractivity contribution in [2.24, 2.45) is 4.99 Å². The summed E-state index contributed by atoms with van der Waals surface area (Å²) >= 11 is 1.22. The molecule has 26 heavy (non-hydrogen) atoms. The number of nitrogens with zero attached hydrogens (tertiary/aromatic N) is 2. The molecule has 0 spiro atoms. The lowest BCUT2D eigenvalue weighted by Crippen LogP contribution is -2.21. The number of aromatic amines is 1. The van der Waals surface area contributed by atoms with Crippen LogP contribution in [0.5, 0.6) is 0 Å². The molecule has 1 fully saturated rings. The number of ether oxygens (including phenoxy) is 1. The first-order valence-electron chi connectivity index (χ1n) is 8.24. The van der Waals surface area contributed by atoms with Crippen LogP contribution in [0.2, 0.25) is 0 Å². The maximum absolute atomic E-state index is 13.7. The molecule has 0 unspecified atom stereocenters. The summed E-state index contributed by atoms with van der Waals surface area (Å²) in [4.78, 5) is 17.1. The molecule has 0 bridgehead atoms. The van der Waals surface area contributed by atoms with Gasteiger partial charge >= 0.3 is 0 Å². The maximum Gasteiger partial charge on any atom is 0.271 e. The second-order valence-electron chi connectivity index (χ2n) is 6.32. The Bertz CT molecular complexity index is 924. The van der Waals surface area contributed by atoms with Gasteiger partial charge in [0.2, 0.25) is 0 Å². The molecule has 1 atom stereocenters. The van der Waals surface area contributed by atoms with E-state index in [1.807, 2.05) is 0 Å². The zero-order chi connectivity index (χ0) is 18.4. The number of fused-ring (bicyclic) bond motifs is 1. The first-order valence-corrected chi connectivity index (χ1v) is 9.12. The van der Waals surface area contributed by atoms with Crippen LogP contribution in [0.1, 0.15) is 42.2 Å². The van der Waals surface area contributed by atoms with E-state index < -0.39 is 22.7 Å². The highest BCUT2D eigenvalue weighted by Crippen LogP contribution is 2.45. The number of benzene rings is 1. The Labute approximate surface area is 151 Å². The molecule has 4 rings (SSSR count). The summed E-state index contributed by atoms with van der Waals surface area (Å²) in [5.74, 6) is -3.60. The highest BCUT2D eigenvalue weighted by atomic mass is 32.2. The molecule has 2 aromatic rings. The fourth-order valence-electron chi connectivity index (χ4n) is 3.38. The van der Waals surface area contributed by atoms with E-state index in [1.54, 1.807) is 11.6 Å². The van der Waals surface area contributed by atoms with Gasteiger partial charge in [0.05, 0.1) is 21.9 Å². The molecule has 1 saturated heterocycles. The van der Waals surface area contributed by atoms with Crippen molar-refractivity contribution in [2.45, 2.75) is 31.1 Å². The van der Waals surface area contributed by atoms with E-state index in [9.17, 15) is 18.0 Å². The minimum absolute atomic E-state index is 0.0437. The van der Waals surface area contributed by atoms with Gasteiger partial charge in [-0.1, -0.05) is 11.8 Å². The van der Waals surface area contributed by atoms with E-state index >= 15 is 0 Å². The van der Waals surface area contributed by atoms with Crippen molar-refractivity contribution in [3.8, 4) is 0 Å². The zero-order valence-electron chi connectivity index (χ0n) is 13.9. The summed E-state index contributed by atoms with van der Waals surface area (Å²) in [6.45, 7) is 2.95. The maximum atomic E-state index is 13.7. The van der Waals surface area contributed by atoms with Crippen LogP contribution in [-0.2, 0) is 4.74 Å². The monoisotopic (exact) mass is 383 g/mol. The number of aromatic nitrogens is 2. The smallest absolute Gasteiger partial charge is 0.271 e. The Hall–Kier alpha value is -2.00. The lowest BCUT2D eigenvalue weighted by atomic mass is 10.0. The lowest BCUT2D eigenvalue weighted by molar-refractivity contribution is 0.0666. The average Bonchev–Trinajstić information content (AvgIpc) is 2.96. The third-order valence-corrected chi connectivity index (χ3v) is 5.79. The van der Waals surface area contributed by atoms with Crippen molar-refractivity contribution in [3.05, 3.63) is 51.1 Å². The Morgan fingerprint density at radius 3 is 2.54 bits per heavy atom. The quantitative estimate of drug-likeness (QED) is 0.802. The van der Waals surface area contributed by atoms with Gasteiger partial charge in [0.15, 0.2) is 23.3 Å². The molecule has 2 aliphatic heterocycles. The number of hydrogen-bond acceptors (Lipinski definition) is 4. The summed E-state index contributed by atoms with van der Waals surface area (Å²) in [6, 6.07) is 1.91. The largest absolute Gasteiger partial charge is 0.381 e. The van der Waals surface area contributed by atoms with Crippen LogP contribution in [-0.4, -0.2) is 28.0 Å². The minimum Gasteiger partial charge on any atom is -0.381 e. The van der Waals surface area contributed by atoms with E-state index in [-0.39, 0.29) is 17.2 Å². The van der Waals surface area contributed by atoms with Gasteiger partial charge in [0.25, 0.3) is 5.56 Å². The van der Waals surface area contributed by atoms with Crippen LogP contribution in [0.4, 0.5) is 19.0 Å². The van der Waals surface area contributed by atoms with Gasteiger partial charge in [0, 0.05) is 13.2 Å². The molecule has 3 heterocycles. The summed E-state index contributed by atoms with van der Waals surface area (Å²) in [5.41, 5.74) is 0.167. The van der Waals surface area contributed by atoms with Crippen molar-refractivity contribution in [2.75, 3.05) is 13.2 Å². The Kier molecular flexibility index (Phi) is 4.44. The number of rotatable bonds is 2. The SMILES string of the molecule is CC1=Nc2c(c(=O)[nH]n2C2CCOCC2)[C@H](c2cc(F)c(F)c(F)c2)S1. The lowest BCUT2D eigenvalue weighted by Gasteiger charge is -2.26. The van der Waals surface area contributed by atoms with E-state index in [2.05, 4.69) is 10.1 Å². The highest BCUT2D eigenvalue weighted by molar-refractivity contribution is 8.14. The topological polar surface area (TPSA) is 59.4 Å². The fraction of sp³-hybridized carbons (Fsp3) is 0.412. The van der Waals surface area contributed by atoms with E-state index in [0.717, 1.165) is 25.0 Å². The summed E-state index contributed by atoms with van der Waals surface area (Å²) in [7, 11) is 0. The average molecular weight is 383 g/mol. The molecule has 0 saturated carbocycles. The molecule has 9 heteroatoms. The van der Waals surface area contributed by atoms with E-state index in [1.165, 1.54) is 11.8 Å². The molecule has 0 radical (unpaired) electrons. The molecular formula is C17H16F3N3O2S. The summed E-state index contributed by atoms with van der Waals surface area (Å²) in [6.07, 6.45) is 1.48. The highest BCUT2D eigenvalue weighted by Gasteiger charge is 2.33.